The van der Waals surface area contributed by atoms with Crippen molar-refractivity contribution in [2.45, 2.75) is 13.3 Å². The van der Waals surface area contributed by atoms with E-state index in [4.69, 9.17) is 5.26 Å². The summed E-state index contributed by atoms with van der Waals surface area (Å²) in [5.41, 5.74) is 1.25. The van der Waals surface area contributed by atoms with Gasteiger partial charge in [0.25, 0.3) is 0 Å². The van der Waals surface area contributed by atoms with Crippen LogP contribution >= 0.6 is 0 Å². The molecule has 80 valence electrons. The maximum absolute atomic E-state index is 11.3. The molecule has 1 rings (SSSR count). The van der Waals surface area contributed by atoms with E-state index in [0.29, 0.717) is 6.42 Å². The Kier molecular flexibility index (Phi) is 4.75. The zero-order valence-electron chi connectivity index (χ0n) is 9.18. The maximum Gasteiger partial charge on any atom is 0.173 e. The standard InChI is InChI=1S/C14H13NO/c1-2-14(16)13(11-15)10-6-9-12-7-4-3-5-8-12/h3-10H,2H2,1H3/b9-6+,13-10-. The molecule has 16 heavy (non-hydrogen) atoms. The minimum absolute atomic E-state index is 0.125. The molecule has 0 aliphatic heterocycles. The molecule has 0 spiro atoms. The Balaban J connectivity index is 2.76. The van der Waals surface area contributed by atoms with Gasteiger partial charge in [0.15, 0.2) is 5.78 Å². The largest absolute Gasteiger partial charge is 0.293 e. The van der Waals surface area contributed by atoms with Crippen molar-refractivity contribution in [2.75, 3.05) is 0 Å². The predicted molar refractivity (Wildman–Crippen MR) is 64.5 cm³/mol. The summed E-state index contributed by atoms with van der Waals surface area (Å²) < 4.78 is 0. The molecule has 2 nitrogen and oxygen atoms in total. The number of nitriles is 1. The molecule has 0 atom stereocenters. The summed E-state index contributed by atoms with van der Waals surface area (Å²) >= 11 is 0. The van der Waals surface area contributed by atoms with E-state index in [0.717, 1.165) is 5.56 Å². The second-order valence-electron chi connectivity index (χ2n) is 3.24. The first kappa shape index (κ1) is 11.9. The first-order valence-electron chi connectivity index (χ1n) is 5.14. The number of carbonyl (C=O) groups is 1. The molecule has 1 aromatic rings. The van der Waals surface area contributed by atoms with Crippen molar-refractivity contribution in [3.63, 3.8) is 0 Å². The number of carbonyl (C=O) groups excluding carboxylic acids is 1. The Hall–Kier alpha value is -2.14. The number of hydrogen-bond acceptors (Lipinski definition) is 2. The second-order valence-corrected chi connectivity index (χ2v) is 3.24. The van der Waals surface area contributed by atoms with E-state index < -0.39 is 0 Å². The Labute approximate surface area is 95.5 Å². The van der Waals surface area contributed by atoms with Crippen molar-refractivity contribution in [1.29, 1.82) is 5.26 Å². The highest BCUT2D eigenvalue weighted by atomic mass is 16.1. The number of benzene rings is 1. The molecule has 0 aliphatic carbocycles. The summed E-state index contributed by atoms with van der Waals surface area (Å²) in [6.45, 7) is 1.74. The van der Waals surface area contributed by atoms with Crippen LogP contribution in [0.25, 0.3) is 6.08 Å². The highest BCUT2D eigenvalue weighted by Crippen LogP contribution is 2.03. The fraction of sp³-hybridized carbons (Fsp3) is 0.143. The van der Waals surface area contributed by atoms with Crippen LogP contribution in [0.3, 0.4) is 0 Å². The molecule has 0 aliphatic rings. The minimum Gasteiger partial charge on any atom is -0.293 e. The number of ketones is 1. The highest BCUT2D eigenvalue weighted by molar-refractivity contribution is 5.99. The molecule has 0 amide bonds. The number of nitrogens with zero attached hydrogens (tertiary/aromatic N) is 1. The molecule has 1 aromatic carbocycles. The Morgan fingerprint density at radius 1 is 1.38 bits per heavy atom. The lowest BCUT2D eigenvalue weighted by Gasteiger charge is -1.91. The molecule has 0 aromatic heterocycles. The third kappa shape index (κ3) is 3.55. The summed E-state index contributed by atoms with van der Waals surface area (Å²) in [5, 5.41) is 8.75. The third-order valence-corrected chi connectivity index (χ3v) is 2.09. The first-order valence-corrected chi connectivity index (χ1v) is 5.14. The fourth-order valence-corrected chi connectivity index (χ4v) is 1.20. The van der Waals surface area contributed by atoms with E-state index in [2.05, 4.69) is 0 Å². The highest BCUT2D eigenvalue weighted by Gasteiger charge is 2.03. The lowest BCUT2D eigenvalue weighted by molar-refractivity contribution is -0.114. The predicted octanol–water partition coefficient (Wildman–Crippen LogP) is 3.13. The van der Waals surface area contributed by atoms with E-state index in [-0.39, 0.29) is 11.4 Å². The van der Waals surface area contributed by atoms with Gasteiger partial charge >= 0.3 is 0 Å². The van der Waals surface area contributed by atoms with Gasteiger partial charge in [0.1, 0.15) is 6.07 Å². The molecule has 2 heteroatoms. The molecule has 0 bridgehead atoms. The van der Waals surface area contributed by atoms with Crippen molar-refractivity contribution in [3.05, 3.63) is 53.6 Å². The van der Waals surface area contributed by atoms with Gasteiger partial charge in [0.05, 0.1) is 5.57 Å². The Morgan fingerprint density at radius 3 is 2.62 bits per heavy atom. The fourth-order valence-electron chi connectivity index (χ4n) is 1.20. The number of Topliss-reactive ketones (excluding diaryl/α,β-unsaturated/α-hetero) is 1. The monoisotopic (exact) mass is 211 g/mol. The topological polar surface area (TPSA) is 40.9 Å². The zero-order valence-corrected chi connectivity index (χ0v) is 9.18. The van der Waals surface area contributed by atoms with Crippen molar-refractivity contribution >= 4 is 11.9 Å². The van der Waals surface area contributed by atoms with Crippen LogP contribution in [-0.2, 0) is 4.79 Å². The molecule has 0 fully saturated rings. The molecule has 0 heterocycles. The van der Waals surface area contributed by atoms with E-state index in [1.54, 1.807) is 19.1 Å². The van der Waals surface area contributed by atoms with Gasteiger partial charge in [-0.05, 0) is 11.6 Å². The van der Waals surface area contributed by atoms with Gasteiger partial charge in [-0.25, -0.2) is 0 Å². The van der Waals surface area contributed by atoms with E-state index in [9.17, 15) is 4.79 Å². The van der Waals surface area contributed by atoms with Crippen LogP contribution in [-0.4, -0.2) is 5.78 Å². The molecule has 0 N–H and O–H groups in total. The van der Waals surface area contributed by atoms with Crippen LogP contribution in [0.15, 0.2) is 48.1 Å². The summed E-state index contributed by atoms with van der Waals surface area (Å²) in [6.07, 6.45) is 5.50. The molecule has 0 saturated heterocycles. The average molecular weight is 211 g/mol. The second kappa shape index (κ2) is 6.36. The molecular weight excluding hydrogens is 198 g/mol. The van der Waals surface area contributed by atoms with Crippen molar-refractivity contribution in [1.82, 2.24) is 0 Å². The van der Waals surface area contributed by atoms with Gasteiger partial charge in [0.2, 0.25) is 0 Å². The normalized spacial score (nSPS) is 11.4. The van der Waals surface area contributed by atoms with Crippen molar-refractivity contribution in [2.24, 2.45) is 0 Å². The zero-order chi connectivity index (χ0) is 11.8. The first-order chi connectivity index (χ1) is 7.77. The van der Waals surface area contributed by atoms with Gasteiger partial charge in [-0.1, -0.05) is 49.4 Å². The van der Waals surface area contributed by atoms with Crippen LogP contribution in [0.2, 0.25) is 0 Å². The number of rotatable bonds is 4. The van der Waals surface area contributed by atoms with Crippen LogP contribution in [0, 0.1) is 11.3 Å². The lowest BCUT2D eigenvalue weighted by atomic mass is 10.1. The van der Waals surface area contributed by atoms with E-state index >= 15 is 0 Å². The van der Waals surface area contributed by atoms with Crippen LogP contribution < -0.4 is 0 Å². The Bertz CT molecular complexity index is 449. The van der Waals surface area contributed by atoms with Gasteiger partial charge in [-0.2, -0.15) is 5.26 Å². The average Bonchev–Trinajstić information content (AvgIpc) is 2.35. The van der Waals surface area contributed by atoms with Crippen LogP contribution in [0.5, 0.6) is 0 Å². The quantitative estimate of drug-likeness (QED) is 0.436. The van der Waals surface area contributed by atoms with Crippen LogP contribution in [0.4, 0.5) is 0 Å². The number of hydrogen-bond donors (Lipinski definition) is 0. The van der Waals surface area contributed by atoms with E-state index in [1.165, 1.54) is 0 Å². The summed E-state index contributed by atoms with van der Waals surface area (Å²) in [5.74, 6) is -0.125. The van der Waals surface area contributed by atoms with E-state index in [1.807, 2.05) is 42.5 Å². The molecule has 0 saturated carbocycles. The SMILES string of the molecule is CCC(=O)/C(C#N)=C\C=C\c1ccccc1. The van der Waals surface area contributed by atoms with Crippen LogP contribution in [0.1, 0.15) is 18.9 Å². The van der Waals surface area contributed by atoms with Gasteiger partial charge in [-0.15, -0.1) is 0 Å². The van der Waals surface area contributed by atoms with Gasteiger partial charge in [0, 0.05) is 6.42 Å². The van der Waals surface area contributed by atoms with Gasteiger partial charge in [-0.3, -0.25) is 4.79 Å². The third-order valence-electron chi connectivity index (χ3n) is 2.09. The summed E-state index contributed by atoms with van der Waals surface area (Å²) in [7, 11) is 0. The molecule has 0 unspecified atom stereocenters. The van der Waals surface area contributed by atoms with Gasteiger partial charge < -0.3 is 0 Å². The number of allylic oxidation sites excluding steroid dienone is 3. The molecule has 0 radical (unpaired) electrons. The Morgan fingerprint density at radius 2 is 2.06 bits per heavy atom. The minimum atomic E-state index is -0.125. The van der Waals surface area contributed by atoms with Crippen molar-refractivity contribution < 1.29 is 4.79 Å². The van der Waals surface area contributed by atoms with Crippen molar-refractivity contribution in [3.8, 4) is 6.07 Å². The lowest BCUT2D eigenvalue weighted by Crippen LogP contribution is -1.97. The summed E-state index contributed by atoms with van der Waals surface area (Å²) in [4.78, 5) is 11.3. The maximum atomic E-state index is 11.3. The smallest absolute Gasteiger partial charge is 0.173 e. The molecular formula is C14H13NO. The summed E-state index contributed by atoms with van der Waals surface area (Å²) in [6, 6.07) is 11.6.